The predicted octanol–water partition coefficient (Wildman–Crippen LogP) is 4.53. The van der Waals surface area contributed by atoms with Crippen LogP contribution in [0.4, 0.5) is 0 Å². The average molecular weight is 362 g/mol. The Kier molecular flexibility index (Phi) is 3.48. The van der Waals surface area contributed by atoms with Crippen LogP contribution in [-0.2, 0) is 4.57 Å². The second kappa shape index (κ2) is 5.65. The predicted molar refractivity (Wildman–Crippen MR) is 103 cm³/mol. The van der Waals surface area contributed by atoms with Crippen LogP contribution in [-0.4, -0.2) is 9.79 Å². The van der Waals surface area contributed by atoms with E-state index in [0.29, 0.717) is 5.92 Å². The first-order valence-corrected chi connectivity index (χ1v) is 10.5. The second-order valence-electron chi connectivity index (χ2n) is 7.24. The fourth-order valence-electron chi connectivity index (χ4n) is 4.25. The van der Waals surface area contributed by atoms with Gasteiger partial charge in [0.2, 0.25) is 0 Å². The summed E-state index contributed by atoms with van der Waals surface area (Å²) in [6, 6.07) is 22.0. The first-order chi connectivity index (χ1) is 12.5. The van der Waals surface area contributed by atoms with Crippen molar-refractivity contribution in [2.45, 2.75) is 24.7 Å². The van der Waals surface area contributed by atoms with E-state index in [9.17, 15) is 14.4 Å². The van der Waals surface area contributed by atoms with Gasteiger partial charge in [-0.15, -0.1) is 0 Å². The van der Waals surface area contributed by atoms with Crippen molar-refractivity contribution in [1.82, 2.24) is 0 Å². The minimum absolute atomic E-state index is 0.0724. The number of rotatable bonds is 3. The molecule has 0 heterocycles. The third kappa shape index (κ3) is 2.47. The highest BCUT2D eigenvalue weighted by Crippen LogP contribution is 2.54. The van der Waals surface area contributed by atoms with Gasteiger partial charge in [0.05, 0.1) is 5.30 Å². The summed E-state index contributed by atoms with van der Waals surface area (Å²) in [5.41, 5.74) is 7.74. The van der Waals surface area contributed by atoms with Crippen molar-refractivity contribution < 1.29 is 14.4 Å². The molecule has 2 aliphatic carbocycles. The summed E-state index contributed by atoms with van der Waals surface area (Å²) in [4.78, 5) is 18.8. The standard InChI is InChI=1S/C22H19O3P/c23-26(24,25)16-12-10-15(11-13-16)21-19-5-2-1-4-18(19)20-7-3-6-17(22(20)21)14-8-9-14/h1-7,10-14,21H,8-9H2,(H2,23,24,25)/t21-/m1/s1. The van der Waals surface area contributed by atoms with E-state index >= 15 is 0 Å². The SMILES string of the molecule is O=P(O)(O)c1ccc([C@@H]2c3ccccc3-c3cccc(C4CC4)c32)cc1. The molecule has 3 aromatic rings. The van der Waals surface area contributed by atoms with Crippen molar-refractivity contribution in [2.75, 3.05) is 0 Å². The molecule has 0 aliphatic heterocycles. The molecular formula is C22H19O3P. The third-order valence-corrected chi connectivity index (χ3v) is 6.54. The molecule has 0 radical (unpaired) electrons. The van der Waals surface area contributed by atoms with Gasteiger partial charge < -0.3 is 9.79 Å². The lowest BCUT2D eigenvalue weighted by Gasteiger charge is -2.18. The van der Waals surface area contributed by atoms with Gasteiger partial charge >= 0.3 is 7.60 Å². The Hall–Kier alpha value is -2.19. The van der Waals surface area contributed by atoms with Crippen molar-refractivity contribution >= 4 is 12.9 Å². The molecule has 5 rings (SSSR count). The molecule has 2 aliphatic rings. The maximum atomic E-state index is 11.5. The van der Waals surface area contributed by atoms with Gasteiger partial charge in [-0.2, -0.15) is 0 Å². The fourth-order valence-corrected chi connectivity index (χ4v) is 4.78. The van der Waals surface area contributed by atoms with Crippen molar-refractivity contribution in [2.24, 2.45) is 0 Å². The van der Waals surface area contributed by atoms with Crippen LogP contribution >= 0.6 is 7.60 Å². The first kappa shape index (κ1) is 16.0. The highest BCUT2D eigenvalue weighted by molar-refractivity contribution is 7.60. The van der Waals surface area contributed by atoms with E-state index in [1.807, 2.05) is 12.1 Å². The van der Waals surface area contributed by atoms with E-state index in [0.717, 1.165) is 5.56 Å². The molecule has 0 amide bonds. The van der Waals surface area contributed by atoms with Crippen LogP contribution < -0.4 is 5.30 Å². The quantitative estimate of drug-likeness (QED) is 0.527. The van der Waals surface area contributed by atoms with Gasteiger partial charge in [0.25, 0.3) is 0 Å². The maximum Gasteiger partial charge on any atom is 0.356 e. The van der Waals surface area contributed by atoms with E-state index in [1.54, 1.807) is 12.1 Å². The Labute approximate surface area is 152 Å². The molecule has 2 N–H and O–H groups in total. The largest absolute Gasteiger partial charge is 0.356 e. The topological polar surface area (TPSA) is 57.5 Å². The molecule has 130 valence electrons. The summed E-state index contributed by atoms with van der Waals surface area (Å²) in [5, 5.41) is 0.0724. The smallest absolute Gasteiger partial charge is 0.321 e. The Morgan fingerprint density at radius 1 is 0.769 bits per heavy atom. The molecule has 1 fully saturated rings. The van der Waals surface area contributed by atoms with Crippen molar-refractivity contribution in [3.63, 3.8) is 0 Å². The molecule has 3 nitrogen and oxygen atoms in total. The minimum Gasteiger partial charge on any atom is -0.321 e. The Balaban J connectivity index is 1.71. The van der Waals surface area contributed by atoms with Gasteiger partial charge in [0.15, 0.2) is 0 Å². The summed E-state index contributed by atoms with van der Waals surface area (Å²) < 4.78 is 11.5. The molecule has 0 spiro atoms. The molecule has 0 unspecified atom stereocenters. The molecule has 0 saturated heterocycles. The van der Waals surface area contributed by atoms with E-state index in [-0.39, 0.29) is 11.2 Å². The summed E-state index contributed by atoms with van der Waals surface area (Å²) >= 11 is 0. The van der Waals surface area contributed by atoms with Crippen LogP contribution in [0.5, 0.6) is 0 Å². The van der Waals surface area contributed by atoms with Crippen LogP contribution in [0.15, 0.2) is 66.7 Å². The molecule has 0 bridgehead atoms. The van der Waals surface area contributed by atoms with Gasteiger partial charge in [-0.1, -0.05) is 54.6 Å². The van der Waals surface area contributed by atoms with Crippen LogP contribution in [0.25, 0.3) is 11.1 Å². The zero-order chi connectivity index (χ0) is 17.9. The number of hydrogen-bond acceptors (Lipinski definition) is 1. The number of hydrogen-bond donors (Lipinski definition) is 2. The van der Waals surface area contributed by atoms with E-state index in [1.165, 1.54) is 40.7 Å². The monoisotopic (exact) mass is 362 g/mol. The van der Waals surface area contributed by atoms with Crippen LogP contribution in [0.2, 0.25) is 0 Å². The van der Waals surface area contributed by atoms with Crippen LogP contribution in [0.3, 0.4) is 0 Å². The minimum atomic E-state index is -4.22. The van der Waals surface area contributed by atoms with Gasteiger partial charge in [-0.05, 0) is 64.3 Å². The zero-order valence-corrected chi connectivity index (χ0v) is 15.1. The number of fused-ring (bicyclic) bond motifs is 3. The molecule has 4 heteroatoms. The van der Waals surface area contributed by atoms with Crippen LogP contribution in [0, 0.1) is 0 Å². The Morgan fingerprint density at radius 2 is 1.42 bits per heavy atom. The normalized spacial score (nSPS) is 18.5. The molecule has 1 saturated carbocycles. The van der Waals surface area contributed by atoms with Crippen molar-refractivity contribution in [3.05, 3.63) is 89.0 Å². The maximum absolute atomic E-state index is 11.5. The molecular weight excluding hydrogens is 343 g/mol. The van der Waals surface area contributed by atoms with Gasteiger partial charge in [0.1, 0.15) is 0 Å². The summed E-state index contributed by atoms with van der Waals surface area (Å²) in [6.07, 6.45) is 2.49. The van der Waals surface area contributed by atoms with E-state index in [4.69, 9.17) is 0 Å². The highest BCUT2D eigenvalue weighted by atomic mass is 31.2. The summed E-state index contributed by atoms with van der Waals surface area (Å²) in [5.74, 6) is 0.778. The number of benzene rings is 3. The Morgan fingerprint density at radius 3 is 2.12 bits per heavy atom. The van der Waals surface area contributed by atoms with E-state index in [2.05, 4.69) is 42.5 Å². The highest BCUT2D eigenvalue weighted by Gasteiger charge is 2.36. The van der Waals surface area contributed by atoms with Crippen molar-refractivity contribution in [1.29, 1.82) is 0 Å². The summed E-state index contributed by atoms with van der Waals surface area (Å²) in [7, 11) is -4.22. The lowest BCUT2D eigenvalue weighted by molar-refractivity contribution is 0.387. The summed E-state index contributed by atoms with van der Waals surface area (Å²) in [6.45, 7) is 0. The third-order valence-electron chi connectivity index (χ3n) is 5.57. The zero-order valence-electron chi connectivity index (χ0n) is 14.2. The van der Waals surface area contributed by atoms with Crippen LogP contribution in [0.1, 0.15) is 46.9 Å². The molecule has 26 heavy (non-hydrogen) atoms. The Bertz CT molecular complexity index is 1050. The van der Waals surface area contributed by atoms with Crippen molar-refractivity contribution in [3.8, 4) is 11.1 Å². The van der Waals surface area contributed by atoms with Gasteiger partial charge in [-0.25, -0.2) is 0 Å². The first-order valence-electron chi connectivity index (χ1n) is 8.92. The molecule has 0 aromatic heterocycles. The molecule has 3 aromatic carbocycles. The average Bonchev–Trinajstić information content (AvgIpc) is 3.42. The fraction of sp³-hybridized carbons (Fsp3) is 0.182. The molecule has 1 atom stereocenters. The van der Waals surface area contributed by atoms with E-state index < -0.39 is 7.60 Å². The lowest BCUT2D eigenvalue weighted by Crippen LogP contribution is -2.07. The van der Waals surface area contributed by atoms with Gasteiger partial charge in [0, 0.05) is 5.92 Å². The van der Waals surface area contributed by atoms with Gasteiger partial charge in [-0.3, -0.25) is 4.57 Å². The second-order valence-corrected chi connectivity index (χ2v) is 8.84. The lowest BCUT2D eigenvalue weighted by atomic mass is 9.86.